The van der Waals surface area contributed by atoms with Crippen molar-refractivity contribution in [3.8, 4) is 0 Å². The van der Waals surface area contributed by atoms with Crippen molar-refractivity contribution >= 4 is 17.5 Å². The minimum absolute atomic E-state index is 0.158. The molecule has 2 rings (SSSR count). The summed E-state index contributed by atoms with van der Waals surface area (Å²) >= 11 is 5.89. The maximum absolute atomic E-state index is 11.9. The monoisotopic (exact) mass is 239 g/mol. The van der Waals surface area contributed by atoms with Crippen LogP contribution in [0.4, 0.5) is 0 Å². The molecule has 1 N–H and O–H groups in total. The number of hydrogen-bond acceptors (Lipinski definition) is 3. The quantitative estimate of drug-likeness (QED) is 0.857. The topological polar surface area (TPSA) is 45.2 Å². The minimum atomic E-state index is -0.158. The zero-order valence-corrected chi connectivity index (χ0v) is 9.70. The number of amides is 1. The number of hydrogen-bond donors (Lipinski definition) is 1. The summed E-state index contributed by atoms with van der Waals surface area (Å²) in [5.41, 5.74) is 3.33. The molecule has 0 bridgehead atoms. The van der Waals surface area contributed by atoms with Crippen LogP contribution in [0.2, 0.25) is 5.02 Å². The molecule has 1 aliphatic rings. The molecule has 0 unspecified atom stereocenters. The largest absolute Gasteiger partial charge is 0.285 e. The molecule has 1 saturated heterocycles. The molecule has 2 heterocycles. The molecule has 1 aromatic rings. The van der Waals surface area contributed by atoms with E-state index in [1.54, 1.807) is 12.3 Å². The van der Waals surface area contributed by atoms with E-state index < -0.39 is 0 Å². The first-order chi connectivity index (χ1) is 7.77. The fourth-order valence-electron chi connectivity index (χ4n) is 1.77. The molecule has 0 saturated carbocycles. The van der Waals surface area contributed by atoms with Gasteiger partial charge < -0.3 is 0 Å². The molecule has 0 spiro atoms. The fraction of sp³-hybridized carbons (Fsp3) is 0.455. The van der Waals surface area contributed by atoms with Crippen LogP contribution in [0.25, 0.3) is 0 Å². The lowest BCUT2D eigenvalue weighted by Gasteiger charge is -2.26. The summed E-state index contributed by atoms with van der Waals surface area (Å²) in [7, 11) is 0. The predicted molar refractivity (Wildman–Crippen MR) is 62.1 cm³/mol. The summed E-state index contributed by atoms with van der Waals surface area (Å²) in [6.07, 6.45) is 6.54. The Morgan fingerprint density at radius 2 is 2.12 bits per heavy atom. The van der Waals surface area contributed by atoms with Gasteiger partial charge in [-0.25, -0.2) is 5.01 Å². The van der Waals surface area contributed by atoms with E-state index in [0.717, 1.165) is 25.9 Å². The Labute approximate surface area is 99.6 Å². The van der Waals surface area contributed by atoms with Gasteiger partial charge in [0.15, 0.2) is 0 Å². The highest BCUT2D eigenvalue weighted by Gasteiger charge is 2.15. The third-order valence-corrected chi connectivity index (χ3v) is 2.93. The second-order valence-corrected chi connectivity index (χ2v) is 4.25. The predicted octanol–water partition coefficient (Wildman–Crippen LogP) is 1.87. The van der Waals surface area contributed by atoms with E-state index >= 15 is 0 Å². The normalized spacial score (nSPS) is 17.1. The van der Waals surface area contributed by atoms with Gasteiger partial charge in [-0.05, 0) is 18.9 Å². The molecule has 0 atom stereocenters. The minimum Gasteiger partial charge on any atom is -0.285 e. The first kappa shape index (κ1) is 11.4. The van der Waals surface area contributed by atoms with E-state index in [-0.39, 0.29) is 5.91 Å². The maximum atomic E-state index is 11.9. The summed E-state index contributed by atoms with van der Waals surface area (Å²) in [5.74, 6) is -0.158. The van der Waals surface area contributed by atoms with Gasteiger partial charge in [0.1, 0.15) is 0 Å². The van der Waals surface area contributed by atoms with Crippen molar-refractivity contribution in [2.45, 2.75) is 19.3 Å². The van der Waals surface area contributed by atoms with Crippen LogP contribution in [0, 0.1) is 0 Å². The molecule has 1 amide bonds. The van der Waals surface area contributed by atoms with Crippen LogP contribution >= 0.6 is 11.6 Å². The fourth-order valence-corrected chi connectivity index (χ4v) is 1.97. The number of hydrazine groups is 1. The third-order valence-electron chi connectivity index (χ3n) is 2.63. The van der Waals surface area contributed by atoms with Crippen LogP contribution in [0.15, 0.2) is 18.5 Å². The molecule has 0 aliphatic carbocycles. The van der Waals surface area contributed by atoms with Crippen LogP contribution < -0.4 is 5.43 Å². The lowest BCUT2D eigenvalue weighted by atomic mass is 10.2. The molecule has 1 fully saturated rings. The van der Waals surface area contributed by atoms with Gasteiger partial charge in [0.25, 0.3) is 5.91 Å². The second kappa shape index (κ2) is 5.27. The molecular formula is C11H14ClN3O. The van der Waals surface area contributed by atoms with E-state index in [1.807, 2.05) is 5.01 Å². The highest BCUT2D eigenvalue weighted by molar-refractivity contribution is 6.33. The van der Waals surface area contributed by atoms with Crippen LogP contribution in [0.1, 0.15) is 29.6 Å². The van der Waals surface area contributed by atoms with Gasteiger partial charge in [0.2, 0.25) is 0 Å². The molecule has 1 aliphatic heterocycles. The van der Waals surface area contributed by atoms with Crippen molar-refractivity contribution in [3.63, 3.8) is 0 Å². The Hall–Kier alpha value is -1.13. The molecule has 4 nitrogen and oxygen atoms in total. The number of carbonyl (C=O) groups is 1. The van der Waals surface area contributed by atoms with E-state index in [1.165, 1.54) is 12.6 Å². The molecule has 1 aromatic heterocycles. The van der Waals surface area contributed by atoms with Gasteiger partial charge in [-0.3, -0.25) is 15.2 Å². The van der Waals surface area contributed by atoms with Gasteiger partial charge in [-0.15, -0.1) is 0 Å². The number of aromatic nitrogens is 1. The number of rotatable bonds is 2. The number of halogens is 1. The molecular weight excluding hydrogens is 226 g/mol. The first-order valence-corrected chi connectivity index (χ1v) is 5.80. The standard InChI is InChI=1S/C11H14ClN3O/c12-10-8-13-5-4-9(10)11(16)14-15-6-2-1-3-7-15/h4-5,8H,1-3,6-7H2,(H,14,16). The Kier molecular flexibility index (Phi) is 3.74. The maximum Gasteiger partial charge on any atom is 0.267 e. The van der Waals surface area contributed by atoms with Gasteiger partial charge in [-0.2, -0.15) is 0 Å². The van der Waals surface area contributed by atoms with Gasteiger partial charge >= 0.3 is 0 Å². The highest BCUT2D eigenvalue weighted by Crippen LogP contribution is 2.14. The lowest BCUT2D eigenvalue weighted by molar-refractivity contribution is 0.0750. The Morgan fingerprint density at radius 3 is 2.81 bits per heavy atom. The highest BCUT2D eigenvalue weighted by atomic mass is 35.5. The molecule has 16 heavy (non-hydrogen) atoms. The van der Waals surface area contributed by atoms with E-state index in [2.05, 4.69) is 10.4 Å². The van der Waals surface area contributed by atoms with E-state index in [9.17, 15) is 4.79 Å². The summed E-state index contributed by atoms with van der Waals surface area (Å²) in [5, 5.41) is 2.33. The Bertz CT molecular complexity index is 377. The molecule has 86 valence electrons. The number of nitrogens with zero attached hydrogens (tertiary/aromatic N) is 2. The smallest absolute Gasteiger partial charge is 0.267 e. The van der Waals surface area contributed by atoms with Gasteiger partial charge in [0, 0.05) is 25.5 Å². The number of carbonyl (C=O) groups excluding carboxylic acids is 1. The number of pyridine rings is 1. The summed E-state index contributed by atoms with van der Waals surface area (Å²) in [6, 6.07) is 1.63. The van der Waals surface area contributed by atoms with E-state index in [0.29, 0.717) is 10.6 Å². The molecule has 5 heteroatoms. The first-order valence-electron chi connectivity index (χ1n) is 5.43. The zero-order valence-electron chi connectivity index (χ0n) is 8.95. The summed E-state index contributed by atoms with van der Waals surface area (Å²) < 4.78 is 0. The van der Waals surface area contributed by atoms with E-state index in [4.69, 9.17) is 11.6 Å². The lowest BCUT2D eigenvalue weighted by Crippen LogP contribution is -2.45. The number of piperidine rings is 1. The van der Waals surface area contributed by atoms with Crippen LogP contribution in [-0.4, -0.2) is 29.0 Å². The van der Waals surface area contributed by atoms with Crippen molar-refractivity contribution < 1.29 is 4.79 Å². The third kappa shape index (κ3) is 2.71. The van der Waals surface area contributed by atoms with Crippen LogP contribution in [0.3, 0.4) is 0 Å². The number of nitrogens with one attached hydrogen (secondary N) is 1. The SMILES string of the molecule is O=C(NN1CCCCC1)c1ccncc1Cl. The van der Waals surface area contributed by atoms with Crippen LogP contribution in [-0.2, 0) is 0 Å². The van der Waals surface area contributed by atoms with Crippen molar-refractivity contribution in [1.29, 1.82) is 0 Å². The Balaban J connectivity index is 2.00. The van der Waals surface area contributed by atoms with Gasteiger partial charge in [0.05, 0.1) is 10.6 Å². The summed E-state index contributed by atoms with van der Waals surface area (Å²) in [4.78, 5) is 15.7. The average molecular weight is 240 g/mol. The average Bonchev–Trinajstić information content (AvgIpc) is 2.31. The van der Waals surface area contributed by atoms with Crippen LogP contribution in [0.5, 0.6) is 0 Å². The van der Waals surface area contributed by atoms with Gasteiger partial charge in [-0.1, -0.05) is 18.0 Å². The van der Waals surface area contributed by atoms with Crippen molar-refractivity contribution in [2.24, 2.45) is 0 Å². The van der Waals surface area contributed by atoms with Crippen molar-refractivity contribution in [2.75, 3.05) is 13.1 Å². The molecule has 0 radical (unpaired) electrons. The zero-order chi connectivity index (χ0) is 11.4. The molecule has 0 aromatic carbocycles. The second-order valence-electron chi connectivity index (χ2n) is 3.84. The Morgan fingerprint density at radius 1 is 1.38 bits per heavy atom. The van der Waals surface area contributed by atoms with Crippen molar-refractivity contribution in [1.82, 2.24) is 15.4 Å². The summed E-state index contributed by atoms with van der Waals surface area (Å²) in [6.45, 7) is 1.82. The van der Waals surface area contributed by atoms with Crippen molar-refractivity contribution in [3.05, 3.63) is 29.0 Å².